The van der Waals surface area contributed by atoms with Gasteiger partial charge in [0, 0.05) is 18.1 Å². The van der Waals surface area contributed by atoms with Crippen molar-refractivity contribution < 1.29 is 14.5 Å². The minimum Gasteiger partial charge on any atom is -0.482 e. The number of nitro benzene ring substituents is 1. The van der Waals surface area contributed by atoms with Gasteiger partial charge >= 0.3 is 5.69 Å². The lowest BCUT2D eigenvalue weighted by atomic mass is 10.1. The number of anilines is 1. The molecule has 170 valence electrons. The predicted molar refractivity (Wildman–Crippen MR) is 130 cm³/mol. The van der Waals surface area contributed by atoms with Gasteiger partial charge in [0.15, 0.2) is 0 Å². The fourth-order valence-electron chi connectivity index (χ4n) is 3.59. The Morgan fingerprint density at radius 2 is 1.59 bits per heavy atom. The summed E-state index contributed by atoms with van der Waals surface area (Å²) < 4.78 is 5.80. The first kappa shape index (κ1) is 22.7. The molecule has 7 nitrogen and oxygen atoms in total. The quantitative estimate of drug-likeness (QED) is 0.272. The first-order valence-electron chi connectivity index (χ1n) is 10.7. The van der Waals surface area contributed by atoms with Crippen LogP contribution in [0.3, 0.4) is 0 Å². The zero-order chi connectivity index (χ0) is 23.9. The van der Waals surface area contributed by atoms with Crippen LogP contribution in [0.5, 0.6) is 5.75 Å². The number of nitrogens with one attached hydrogen (secondary N) is 1. The topological polar surface area (TPSA) is 94.4 Å². The van der Waals surface area contributed by atoms with Gasteiger partial charge in [-0.3, -0.25) is 19.9 Å². The molecule has 0 radical (unpaired) electrons. The molecule has 0 fully saturated rings. The summed E-state index contributed by atoms with van der Waals surface area (Å²) in [5, 5.41) is 14.7. The van der Waals surface area contributed by atoms with Crippen molar-refractivity contribution >= 4 is 17.3 Å². The molecule has 0 aliphatic rings. The standard InChI is InChI=1S/C27H23N3O4/c1-19-7-12-24(25(30(32)33)26(19)34-18-22-5-3-2-4-6-22)27(31)29-23-10-8-20(9-11-23)17-21-13-15-28-16-14-21/h2-16H,17-18H2,1H3,(H,29,31). The highest BCUT2D eigenvalue weighted by Crippen LogP contribution is 2.35. The smallest absolute Gasteiger partial charge is 0.323 e. The summed E-state index contributed by atoms with van der Waals surface area (Å²) in [7, 11) is 0. The van der Waals surface area contributed by atoms with Crippen molar-refractivity contribution in [3.05, 3.63) is 129 Å². The van der Waals surface area contributed by atoms with Gasteiger partial charge in [0.2, 0.25) is 5.75 Å². The molecule has 0 bridgehead atoms. The second-order valence-corrected chi connectivity index (χ2v) is 7.82. The van der Waals surface area contributed by atoms with Crippen LogP contribution in [0.15, 0.2) is 91.3 Å². The monoisotopic (exact) mass is 453 g/mol. The molecule has 3 aromatic carbocycles. The molecule has 0 aliphatic heterocycles. The van der Waals surface area contributed by atoms with E-state index in [1.807, 2.05) is 54.6 Å². The summed E-state index contributed by atoms with van der Waals surface area (Å²) in [6, 6.07) is 23.7. The van der Waals surface area contributed by atoms with Crippen LogP contribution in [-0.2, 0) is 13.0 Å². The second-order valence-electron chi connectivity index (χ2n) is 7.82. The zero-order valence-electron chi connectivity index (χ0n) is 18.6. The van der Waals surface area contributed by atoms with Gasteiger partial charge in [-0.15, -0.1) is 0 Å². The van der Waals surface area contributed by atoms with E-state index < -0.39 is 10.8 Å². The van der Waals surface area contributed by atoms with E-state index in [0.717, 1.165) is 23.1 Å². The minimum atomic E-state index is -0.571. The first-order valence-corrected chi connectivity index (χ1v) is 10.7. The van der Waals surface area contributed by atoms with Crippen molar-refractivity contribution in [1.82, 2.24) is 4.98 Å². The van der Waals surface area contributed by atoms with Gasteiger partial charge in [0.05, 0.1) is 4.92 Å². The number of nitro groups is 1. The van der Waals surface area contributed by atoms with Crippen molar-refractivity contribution in [2.45, 2.75) is 20.0 Å². The molecule has 1 aromatic heterocycles. The molecule has 1 N–H and O–H groups in total. The molecular formula is C27H23N3O4. The number of nitrogens with zero attached hydrogens (tertiary/aromatic N) is 2. The summed E-state index contributed by atoms with van der Waals surface area (Å²) in [6.07, 6.45) is 4.23. The van der Waals surface area contributed by atoms with E-state index in [4.69, 9.17) is 4.74 Å². The summed E-state index contributed by atoms with van der Waals surface area (Å²) in [5.41, 5.74) is 3.80. The lowest BCUT2D eigenvalue weighted by molar-refractivity contribution is -0.386. The lowest BCUT2D eigenvalue weighted by Crippen LogP contribution is -2.15. The van der Waals surface area contributed by atoms with Crippen molar-refractivity contribution in [2.75, 3.05) is 5.32 Å². The zero-order valence-corrected chi connectivity index (χ0v) is 18.6. The maximum atomic E-state index is 13.0. The van der Waals surface area contributed by atoms with Crippen LogP contribution in [-0.4, -0.2) is 15.8 Å². The van der Waals surface area contributed by atoms with Gasteiger partial charge in [0.25, 0.3) is 5.91 Å². The molecule has 1 heterocycles. The third kappa shape index (κ3) is 5.45. The molecule has 4 rings (SSSR count). The SMILES string of the molecule is Cc1ccc(C(=O)Nc2ccc(Cc3ccncc3)cc2)c([N+](=O)[O-])c1OCc1ccccc1. The Morgan fingerprint density at radius 1 is 0.912 bits per heavy atom. The average molecular weight is 453 g/mol. The normalized spacial score (nSPS) is 10.5. The molecule has 1 amide bonds. The van der Waals surface area contributed by atoms with Gasteiger partial charge in [-0.25, -0.2) is 0 Å². The summed E-state index contributed by atoms with van der Waals surface area (Å²) in [5.74, 6) is -0.479. The fraction of sp³-hybridized carbons (Fsp3) is 0.111. The lowest BCUT2D eigenvalue weighted by Gasteiger charge is -2.13. The summed E-state index contributed by atoms with van der Waals surface area (Å²) >= 11 is 0. The van der Waals surface area contributed by atoms with Crippen molar-refractivity contribution in [3.63, 3.8) is 0 Å². The maximum absolute atomic E-state index is 13.0. The molecular weight excluding hydrogens is 430 g/mol. The number of carbonyl (C=O) groups excluding carboxylic acids is 1. The number of aromatic nitrogens is 1. The van der Waals surface area contributed by atoms with Gasteiger partial charge in [0.1, 0.15) is 12.2 Å². The van der Waals surface area contributed by atoms with Gasteiger partial charge in [-0.05, 0) is 65.9 Å². The molecule has 4 aromatic rings. The number of carbonyl (C=O) groups is 1. The van der Waals surface area contributed by atoms with Crippen LogP contribution < -0.4 is 10.1 Å². The Balaban J connectivity index is 1.52. The Bertz CT molecular complexity index is 1290. The molecule has 0 aliphatic carbocycles. The van der Waals surface area contributed by atoms with E-state index in [1.165, 1.54) is 6.07 Å². The molecule has 7 heteroatoms. The molecule has 0 saturated heterocycles. The number of hydrogen-bond donors (Lipinski definition) is 1. The molecule has 34 heavy (non-hydrogen) atoms. The number of hydrogen-bond acceptors (Lipinski definition) is 5. The van der Waals surface area contributed by atoms with Crippen LogP contribution in [0, 0.1) is 17.0 Å². The van der Waals surface area contributed by atoms with Crippen LogP contribution >= 0.6 is 0 Å². The predicted octanol–water partition coefficient (Wildman–Crippen LogP) is 5.72. The number of rotatable bonds is 8. The van der Waals surface area contributed by atoms with Crippen molar-refractivity contribution in [2.24, 2.45) is 0 Å². The molecule has 0 unspecified atom stereocenters. The van der Waals surface area contributed by atoms with Crippen LogP contribution in [0.25, 0.3) is 0 Å². The Morgan fingerprint density at radius 3 is 2.26 bits per heavy atom. The van der Waals surface area contributed by atoms with E-state index in [0.29, 0.717) is 11.3 Å². The maximum Gasteiger partial charge on any atom is 0.323 e. The van der Waals surface area contributed by atoms with E-state index in [-0.39, 0.29) is 23.6 Å². The van der Waals surface area contributed by atoms with Crippen molar-refractivity contribution in [1.29, 1.82) is 0 Å². The van der Waals surface area contributed by atoms with Gasteiger partial charge in [-0.2, -0.15) is 0 Å². The first-order chi connectivity index (χ1) is 16.5. The van der Waals surface area contributed by atoms with Crippen LogP contribution in [0.2, 0.25) is 0 Å². The van der Waals surface area contributed by atoms with E-state index in [2.05, 4.69) is 10.3 Å². The summed E-state index contributed by atoms with van der Waals surface area (Å²) in [6.45, 7) is 1.88. The number of aryl methyl sites for hydroxylation is 1. The third-order valence-electron chi connectivity index (χ3n) is 5.35. The van der Waals surface area contributed by atoms with Gasteiger partial charge in [-0.1, -0.05) is 48.5 Å². The Hall–Kier alpha value is -4.52. The van der Waals surface area contributed by atoms with Gasteiger partial charge < -0.3 is 10.1 Å². The minimum absolute atomic E-state index is 0.0560. The highest BCUT2D eigenvalue weighted by molar-refractivity contribution is 6.07. The van der Waals surface area contributed by atoms with Crippen molar-refractivity contribution in [3.8, 4) is 5.75 Å². The van der Waals surface area contributed by atoms with Crippen LogP contribution in [0.4, 0.5) is 11.4 Å². The van der Waals surface area contributed by atoms with E-state index >= 15 is 0 Å². The molecule has 0 spiro atoms. The van der Waals surface area contributed by atoms with Crippen LogP contribution in [0.1, 0.15) is 32.6 Å². The van der Waals surface area contributed by atoms with E-state index in [9.17, 15) is 14.9 Å². The highest BCUT2D eigenvalue weighted by Gasteiger charge is 2.27. The molecule has 0 saturated carbocycles. The Kier molecular flexibility index (Phi) is 6.93. The Labute approximate surface area is 197 Å². The molecule has 0 atom stereocenters. The number of amides is 1. The van der Waals surface area contributed by atoms with E-state index in [1.54, 1.807) is 37.5 Å². The second kappa shape index (κ2) is 10.4. The number of benzene rings is 3. The highest BCUT2D eigenvalue weighted by atomic mass is 16.6. The number of pyridine rings is 1. The average Bonchev–Trinajstić information content (AvgIpc) is 2.85. The summed E-state index contributed by atoms with van der Waals surface area (Å²) in [4.78, 5) is 28.3. The largest absolute Gasteiger partial charge is 0.482 e. The fourth-order valence-corrected chi connectivity index (χ4v) is 3.59. The third-order valence-corrected chi connectivity index (χ3v) is 5.35. The number of ether oxygens (including phenoxy) is 1.